The van der Waals surface area contributed by atoms with Gasteiger partial charge < -0.3 is 14.8 Å². The summed E-state index contributed by atoms with van der Waals surface area (Å²) in [6.45, 7) is 3.91. The van der Waals surface area contributed by atoms with Crippen molar-refractivity contribution in [2.45, 2.75) is 27.1 Å². The summed E-state index contributed by atoms with van der Waals surface area (Å²) in [5, 5.41) is 19.0. The number of nitrogens with zero attached hydrogens (tertiary/aromatic N) is 1. The van der Waals surface area contributed by atoms with Gasteiger partial charge in [0.2, 0.25) is 0 Å². The fourth-order valence-corrected chi connectivity index (χ4v) is 2.39. The Morgan fingerprint density at radius 1 is 0.944 bits per heavy atom. The van der Waals surface area contributed by atoms with E-state index in [0.29, 0.717) is 0 Å². The lowest BCUT2D eigenvalue weighted by atomic mass is 10.0. The molecule has 2 aromatic rings. The number of aryl methyl sites for hydroxylation is 1. The Bertz CT molecular complexity index is 553. The maximum atomic E-state index is 9.56. The third-order valence-electron chi connectivity index (χ3n) is 3.57. The molecule has 18 heavy (non-hydrogen) atoms. The summed E-state index contributed by atoms with van der Waals surface area (Å²) < 4.78 is 2.03. The van der Waals surface area contributed by atoms with Gasteiger partial charge in [-0.05, 0) is 19.4 Å². The molecule has 2 N–H and O–H groups in total. The monoisotopic (exact) mass is 245 g/mol. The minimum absolute atomic E-state index is 0.0402. The van der Waals surface area contributed by atoms with Crippen molar-refractivity contribution in [2.75, 3.05) is 0 Å². The van der Waals surface area contributed by atoms with Crippen LogP contribution in [0.2, 0.25) is 0 Å². The van der Waals surface area contributed by atoms with Gasteiger partial charge in [-0.15, -0.1) is 0 Å². The van der Waals surface area contributed by atoms with Crippen LogP contribution in [0, 0.1) is 13.8 Å². The van der Waals surface area contributed by atoms with Crippen LogP contribution in [-0.2, 0) is 20.3 Å². The van der Waals surface area contributed by atoms with Crippen LogP contribution in [-0.4, -0.2) is 14.8 Å². The first kappa shape index (κ1) is 12.9. The van der Waals surface area contributed by atoms with E-state index in [1.165, 1.54) is 5.56 Å². The summed E-state index contributed by atoms with van der Waals surface area (Å²) in [6.07, 6.45) is 0. The molecule has 0 aliphatic heterocycles. The van der Waals surface area contributed by atoms with Crippen LogP contribution >= 0.6 is 0 Å². The van der Waals surface area contributed by atoms with E-state index in [0.717, 1.165) is 28.1 Å². The van der Waals surface area contributed by atoms with Crippen LogP contribution in [0.15, 0.2) is 24.3 Å². The van der Waals surface area contributed by atoms with Crippen LogP contribution in [0.3, 0.4) is 0 Å². The second kappa shape index (κ2) is 4.96. The molecule has 0 aliphatic carbocycles. The predicted octanol–water partition coefficient (Wildman–Crippen LogP) is 2.29. The molecule has 0 saturated carbocycles. The molecule has 1 aromatic heterocycles. The zero-order valence-corrected chi connectivity index (χ0v) is 11.1. The number of aliphatic hydroxyl groups is 2. The summed E-state index contributed by atoms with van der Waals surface area (Å²) in [5.41, 5.74) is 5.90. The second-order valence-corrected chi connectivity index (χ2v) is 4.63. The Balaban J connectivity index is 2.66. The third-order valence-corrected chi connectivity index (χ3v) is 3.57. The zero-order chi connectivity index (χ0) is 13.3. The molecule has 0 saturated heterocycles. The van der Waals surface area contributed by atoms with Gasteiger partial charge >= 0.3 is 0 Å². The maximum absolute atomic E-state index is 9.56. The molecule has 0 spiro atoms. The minimum atomic E-state index is -0.0548. The van der Waals surface area contributed by atoms with Crippen molar-refractivity contribution >= 4 is 0 Å². The van der Waals surface area contributed by atoms with Crippen molar-refractivity contribution in [2.24, 2.45) is 7.05 Å². The number of benzene rings is 1. The summed E-state index contributed by atoms with van der Waals surface area (Å²) in [4.78, 5) is 0. The molecule has 3 heteroatoms. The summed E-state index contributed by atoms with van der Waals surface area (Å²) >= 11 is 0. The van der Waals surface area contributed by atoms with Crippen LogP contribution in [0.1, 0.15) is 22.4 Å². The summed E-state index contributed by atoms with van der Waals surface area (Å²) in [5.74, 6) is 0. The number of rotatable bonds is 3. The van der Waals surface area contributed by atoms with Crippen molar-refractivity contribution in [3.05, 3.63) is 46.6 Å². The minimum Gasteiger partial charge on any atom is -0.392 e. The molecular formula is C15H19NO2. The van der Waals surface area contributed by atoms with Gasteiger partial charge in [0.05, 0.1) is 18.9 Å². The quantitative estimate of drug-likeness (QED) is 0.871. The van der Waals surface area contributed by atoms with Crippen molar-refractivity contribution in [3.63, 3.8) is 0 Å². The molecule has 1 aromatic carbocycles. The van der Waals surface area contributed by atoms with E-state index in [-0.39, 0.29) is 13.2 Å². The first-order valence-electron chi connectivity index (χ1n) is 6.06. The van der Waals surface area contributed by atoms with Gasteiger partial charge in [-0.1, -0.05) is 29.8 Å². The van der Waals surface area contributed by atoms with Gasteiger partial charge in [-0.2, -0.15) is 0 Å². The standard InChI is InChI=1S/C15H19NO2/c1-10-4-6-12(7-5-10)15-14(9-18)13(8-17)11(2)16(15)3/h4-7,17-18H,8-9H2,1-3H3. The molecule has 3 nitrogen and oxygen atoms in total. The molecule has 0 atom stereocenters. The lowest BCUT2D eigenvalue weighted by Crippen LogP contribution is -1.95. The average molecular weight is 245 g/mol. The highest BCUT2D eigenvalue weighted by atomic mass is 16.3. The summed E-state index contributed by atoms with van der Waals surface area (Å²) in [6, 6.07) is 8.20. The zero-order valence-electron chi connectivity index (χ0n) is 11.1. The second-order valence-electron chi connectivity index (χ2n) is 4.63. The molecule has 0 fully saturated rings. The van der Waals surface area contributed by atoms with E-state index in [4.69, 9.17) is 0 Å². The van der Waals surface area contributed by atoms with Crippen LogP contribution in [0.5, 0.6) is 0 Å². The first-order valence-corrected chi connectivity index (χ1v) is 6.06. The Hall–Kier alpha value is -1.58. The molecule has 1 heterocycles. The van der Waals surface area contributed by atoms with Gasteiger partial charge in [0.25, 0.3) is 0 Å². The maximum Gasteiger partial charge on any atom is 0.0706 e. The Morgan fingerprint density at radius 2 is 1.50 bits per heavy atom. The summed E-state index contributed by atoms with van der Waals surface area (Å²) in [7, 11) is 1.96. The van der Waals surface area contributed by atoms with E-state index >= 15 is 0 Å². The normalized spacial score (nSPS) is 10.9. The number of hydrogen-bond acceptors (Lipinski definition) is 2. The molecule has 2 rings (SSSR count). The molecule has 0 radical (unpaired) electrons. The van der Waals surface area contributed by atoms with Crippen LogP contribution < -0.4 is 0 Å². The Labute approximate surface area is 107 Å². The van der Waals surface area contributed by atoms with E-state index in [9.17, 15) is 10.2 Å². The molecule has 0 aliphatic rings. The van der Waals surface area contributed by atoms with Crippen molar-refractivity contribution in [3.8, 4) is 11.3 Å². The molecule has 0 unspecified atom stereocenters. The van der Waals surface area contributed by atoms with Gasteiger partial charge in [0.15, 0.2) is 0 Å². The SMILES string of the molecule is Cc1ccc(-c2c(CO)c(CO)c(C)n2C)cc1. The van der Waals surface area contributed by atoms with E-state index in [1.807, 2.05) is 37.6 Å². The van der Waals surface area contributed by atoms with E-state index < -0.39 is 0 Å². The highest BCUT2D eigenvalue weighted by molar-refractivity contribution is 5.67. The number of aliphatic hydroxyl groups excluding tert-OH is 2. The largest absolute Gasteiger partial charge is 0.392 e. The highest BCUT2D eigenvalue weighted by Crippen LogP contribution is 2.31. The number of aromatic nitrogens is 1. The average Bonchev–Trinajstić information content (AvgIpc) is 2.62. The van der Waals surface area contributed by atoms with E-state index in [2.05, 4.69) is 12.1 Å². The van der Waals surface area contributed by atoms with Crippen molar-refractivity contribution < 1.29 is 10.2 Å². The molecule has 0 bridgehead atoms. The van der Waals surface area contributed by atoms with Gasteiger partial charge in [0, 0.05) is 23.9 Å². The number of hydrogen-bond donors (Lipinski definition) is 2. The van der Waals surface area contributed by atoms with Gasteiger partial charge in [0.1, 0.15) is 0 Å². The molecule has 0 amide bonds. The Morgan fingerprint density at radius 3 is 2.00 bits per heavy atom. The predicted molar refractivity (Wildman–Crippen MR) is 72.2 cm³/mol. The third kappa shape index (κ3) is 1.96. The van der Waals surface area contributed by atoms with E-state index in [1.54, 1.807) is 0 Å². The van der Waals surface area contributed by atoms with Crippen molar-refractivity contribution in [1.29, 1.82) is 0 Å². The first-order chi connectivity index (χ1) is 8.60. The van der Waals surface area contributed by atoms with Gasteiger partial charge in [-0.3, -0.25) is 0 Å². The fourth-order valence-electron chi connectivity index (χ4n) is 2.39. The lowest BCUT2D eigenvalue weighted by molar-refractivity contribution is 0.261. The molecule has 96 valence electrons. The van der Waals surface area contributed by atoms with Gasteiger partial charge in [-0.25, -0.2) is 0 Å². The van der Waals surface area contributed by atoms with Crippen LogP contribution in [0.4, 0.5) is 0 Å². The lowest BCUT2D eigenvalue weighted by Gasteiger charge is -2.08. The topological polar surface area (TPSA) is 45.4 Å². The fraction of sp³-hybridized carbons (Fsp3) is 0.333. The highest BCUT2D eigenvalue weighted by Gasteiger charge is 2.18. The molecular weight excluding hydrogens is 226 g/mol. The smallest absolute Gasteiger partial charge is 0.0706 e. The Kier molecular flexibility index (Phi) is 3.55. The van der Waals surface area contributed by atoms with Crippen LogP contribution in [0.25, 0.3) is 11.3 Å². The van der Waals surface area contributed by atoms with Crippen molar-refractivity contribution in [1.82, 2.24) is 4.57 Å².